The number of hydrogen-bond acceptors (Lipinski definition) is 3. The highest BCUT2D eigenvalue weighted by atomic mass is 16.3. The summed E-state index contributed by atoms with van der Waals surface area (Å²) in [6.45, 7) is 6.22. The van der Waals surface area contributed by atoms with Crippen molar-refractivity contribution in [1.29, 1.82) is 0 Å². The van der Waals surface area contributed by atoms with Gasteiger partial charge in [-0.15, -0.1) is 0 Å². The summed E-state index contributed by atoms with van der Waals surface area (Å²) in [7, 11) is 0. The molecule has 0 saturated heterocycles. The molecule has 0 bridgehead atoms. The number of nitrogens with one attached hydrogen (secondary N) is 1. The van der Waals surface area contributed by atoms with Crippen LogP contribution >= 0.6 is 0 Å². The molecular weight excluding hydrogens is 188 g/mol. The van der Waals surface area contributed by atoms with Crippen LogP contribution in [0.3, 0.4) is 0 Å². The minimum absolute atomic E-state index is 0.180. The second-order valence-electron chi connectivity index (χ2n) is 4.13. The molecule has 0 aliphatic carbocycles. The molecule has 2 atom stereocenters. The third-order valence-electron chi connectivity index (χ3n) is 2.85. The van der Waals surface area contributed by atoms with E-state index in [0.29, 0.717) is 0 Å². The van der Waals surface area contributed by atoms with Crippen LogP contribution in [0.2, 0.25) is 0 Å². The van der Waals surface area contributed by atoms with Gasteiger partial charge in [0.05, 0.1) is 11.4 Å². The van der Waals surface area contributed by atoms with Gasteiger partial charge in [0.25, 0.3) is 0 Å². The van der Waals surface area contributed by atoms with Gasteiger partial charge in [-0.2, -0.15) is 0 Å². The Morgan fingerprint density at radius 2 is 2.07 bits per heavy atom. The number of nitrogen functional groups attached to an aromatic ring is 1. The number of aryl methyl sites for hydroxylation is 1. The number of benzene rings is 1. The van der Waals surface area contributed by atoms with E-state index >= 15 is 0 Å². The van der Waals surface area contributed by atoms with E-state index in [0.717, 1.165) is 16.9 Å². The minimum atomic E-state index is 0.180. The standard InChI is InChI=1S/C12H20N2O/c1-8-5-4-6-11(12(8)13)14-10(3)9(2)7-15/h4-6,9-10,14-15H,7,13H2,1-3H3. The fourth-order valence-electron chi connectivity index (χ4n) is 1.35. The number of aliphatic hydroxyl groups excluding tert-OH is 1. The monoisotopic (exact) mass is 208 g/mol. The molecule has 1 aromatic rings. The van der Waals surface area contributed by atoms with Crippen LogP contribution < -0.4 is 11.1 Å². The maximum Gasteiger partial charge on any atom is 0.0579 e. The number of nitrogens with two attached hydrogens (primary N) is 1. The lowest BCUT2D eigenvalue weighted by atomic mass is 10.0. The van der Waals surface area contributed by atoms with Crippen LogP contribution in [-0.4, -0.2) is 17.8 Å². The van der Waals surface area contributed by atoms with Gasteiger partial charge in [0.15, 0.2) is 0 Å². The SMILES string of the molecule is Cc1cccc(NC(C)C(C)CO)c1N. The Labute approximate surface area is 91.3 Å². The highest BCUT2D eigenvalue weighted by Gasteiger charge is 2.12. The number of para-hydroxylation sites is 1. The lowest BCUT2D eigenvalue weighted by Gasteiger charge is -2.22. The molecular formula is C12H20N2O. The average Bonchev–Trinajstić information content (AvgIpc) is 2.23. The van der Waals surface area contributed by atoms with E-state index in [1.54, 1.807) is 0 Å². The third-order valence-corrected chi connectivity index (χ3v) is 2.85. The highest BCUT2D eigenvalue weighted by molar-refractivity contribution is 5.69. The number of rotatable bonds is 4. The van der Waals surface area contributed by atoms with E-state index in [1.807, 2.05) is 39.0 Å². The van der Waals surface area contributed by atoms with Crippen LogP contribution in [0.15, 0.2) is 18.2 Å². The minimum Gasteiger partial charge on any atom is -0.397 e. The zero-order valence-electron chi connectivity index (χ0n) is 9.62. The summed E-state index contributed by atoms with van der Waals surface area (Å²) in [5, 5.41) is 12.4. The van der Waals surface area contributed by atoms with Gasteiger partial charge in [-0.05, 0) is 31.4 Å². The number of anilines is 2. The average molecular weight is 208 g/mol. The van der Waals surface area contributed by atoms with E-state index < -0.39 is 0 Å². The maximum absolute atomic E-state index is 9.04. The zero-order valence-corrected chi connectivity index (χ0v) is 9.62. The second kappa shape index (κ2) is 5.03. The fourth-order valence-corrected chi connectivity index (χ4v) is 1.35. The maximum atomic E-state index is 9.04. The van der Waals surface area contributed by atoms with Crippen molar-refractivity contribution in [2.75, 3.05) is 17.7 Å². The lowest BCUT2D eigenvalue weighted by molar-refractivity contribution is 0.226. The van der Waals surface area contributed by atoms with Crippen molar-refractivity contribution < 1.29 is 5.11 Å². The molecule has 0 aromatic heterocycles. The van der Waals surface area contributed by atoms with E-state index in [-0.39, 0.29) is 18.6 Å². The van der Waals surface area contributed by atoms with Gasteiger partial charge in [-0.25, -0.2) is 0 Å². The Hall–Kier alpha value is -1.22. The molecule has 0 radical (unpaired) electrons. The van der Waals surface area contributed by atoms with Crippen LogP contribution in [0.4, 0.5) is 11.4 Å². The molecule has 84 valence electrons. The molecule has 15 heavy (non-hydrogen) atoms. The van der Waals surface area contributed by atoms with Crippen molar-refractivity contribution in [3.8, 4) is 0 Å². The fraction of sp³-hybridized carbons (Fsp3) is 0.500. The van der Waals surface area contributed by atoms with E-state index in [2.05, 4.69) is 5.32 Å². The first-order valence-electron chi connectivity index (χ1n) is 5.28. The van der Waals surface area contributed by atoms with Gasteiger partial charge >= 0.3 is 0 Å². The molecule has 0 spiro atoms. The highest BCUT2D eigenvalue weighted by Crippen LogP contribution is 2.23. The smallest absolute Gasteiger partial charge is 0.0579 e. The Bertz CT molecular complexity index is 325. The number of aliphatic hydroxyl groups is 1. The molecule has 0 amide bonds. The van der Waals surface area contributed by atoms with Crippen LogP contribution in [0.1, 0.15) is 19.4 Å². The summed E-state index contributed by atoms with van der Waals surface area (Å²) in [5.41, 5.74) is 8.75. The van der Waals surface area contributed by atoms with Gasteiger partial charge < -0.3 is 16.2 Å². The van der Waals surface area contributed by atoms with Crippen LogP contribution in [0.5, 0.6) is 0 Å². The third kappa shape index (κ3) is 2.86. The quantitative estimate of drug-likeness (QED) is 0.663. The Balaban J connectivity index is 2.76. The van der Waals surface area contributed by atoms with Gasteiger partial charge in [-0.3, -0.25) is 0 Å². The predicted molar refractivity (Wildman–Crippen MR) is 64.9 cm³/mol. The van der Waals surface area contributed by atoms with Crippen molar-refractivity contribution >= 4 is 11.4 Å². The summed E-state index contributed by atoms with van der Waals surface area (Å²) >= 11 is 0. The molecule has 1 rings (SSSR count). The number of hydrogen-bond donors (Lipinski definition) is 3. The molecule has 0 saturated carbocycles. The molecule has 1 aromatic carbocycles. The summed E-state index contributed by atoms with van der Waals surface area (Å²) in [6.07, 6.45) is 0. The zero-order chi connectivity index (χ0) is 11.4. The van der Waals surface area contributed by atoms with Gasteiger partial charge in [0.1, 0.15) is 0 Å². The summed E-state index contributed by atoms with van der Waals surface area (Å²) in [5.74, 6) is 0.213. The Morgan fingerprint density at radius 1 is 1.40 bits per heavy atom. The van der Waals surface area contributed by atoms with Crippen molar-refractivity contribution in [3.63, 3.8) is 0 Å². The normalized spacial score (nSPS) is 14.7. The second-order valence-corrected chi connectivity index (χ2v) is 4.13. The molecule has 0 aliphatic heterocycles. The van der Waals surface area contributed by atoms with E-state index in [9.17, 15) is 0 Å². The summed E-state index contributed by atoms with van der Waals surface area (Å²) in [6, 6.07) is 6.13. The predicted octanol–water partition coefficient (Wildman–Crippen LogP) is 2.01. The largest absolute Gasteiger partial charge is 0.397 e. The van der Waals surface area contributed by atoms with Crippen molar-refractivity contribution in [3.05, 3.63) is 23.8 Å². The van der Waals surface area contributed by atoms with Crippen LogP contribution in [-0.2, 0) is 0 Å². The molecule has 3 heteroatoms. The van der Waals surface area contributed by atoms with Crippen LogP contribution in [0, 0.1) is 12.8 Å². The topological polar surface area (TPSA) is 58.3 Å². The van der Waals surface area contributed by atoms with E-state index in [4.69, 9.17) is 10.8 Å². The summed E-state index contributed by atoms with van der Waals surface area (Å²) < 4.78 is 0. The first kappa shape index (κ1) is 11.9. The van der Waals surface area contributed by atoms with Crippen molar-refractivity contribution in [2.45, 2.75) is 26.8 Å². The molecule has 2 unspecified atom stereocenters. The van der Waals surface area contributed by atoms with Crippen molar-refractivity contribution in [1.82, 2.24) is 0 Å². The molecule has 0 fully saturated rings. The Kier molecular flexibility index (Phi) is 3.97. The Morgan fingerprint density at radius 3 is 2.67 bits per heavy atom. The molecule has 0 heterocycles. The van der Waals surface area contributed by atoms with Gasteiger partial charge in [-0.1, -0.05) is 19.1 Å². The molecule has 3 nitrogen and oxygen atoms in total. The lowest BCUT2D eigenvalue weighted by Crippen LogP contribution is -2.26. The molecule has 4 N–H and O–H groups in total. The van der Waals surface area contributed by atoms with Crippen LogP contribution in [0.25, 0.3) is 0 Å². The molecule has 0 aliphatic rings. The first-order chi connectivity index (χ1) is 7.06. The van der Waals surface area contributed by atoms with Gasteiger partial charge in [0.2, 0.25) is 0 Å². The van der Waals surface area contributed by atoms with E-state index in [1.165, 1.54) is 0 Å². The first-order valence-corrected chi connectivity index (χ1v) is 5.28. The summed E-state index contributed by atoms with van der Waals surface area (Å²) in [4.78, 5) is 0. The van der Waals surface area contributed by atoms with Gasteiger partial charge in [0, 0.05) is 12.6 Å². The van der Waals surface area contributed by atoms with Crippen molar-refractivity contribution in [2.24, 2.45) is 5.92 Å².